The van der Waals surface area contributed by atoms with Crippen LogP contribution in [0.2, 0.25) is 5.15 Å². The summed E-state index contributed by atoms with van der Waals surface area (Å²) < 4.78 is 12.0. The number of rotatable bonds is 8. The van der Waals surface area contributed by atoms with E-state index in [4.69, 9.17) is 21.1 Å². The highest BCUT2D eigenvalue weighted by molar-refractivity contribution is 6.31. The molecule has 0 radical (unpaired) electrons. The first-order valence-corrected chi connectivity index (χ1v) is 11.3. The quantitative estimate of drug-likeness (QED) is 0.237. The average molecular weight is 481 g/mol. The molecule has 0 aliphatic heterocycles. The van der Waals surface area contributed by atoms with Crippen molar-refractivity contribution in [3.05, 3.63) is 87.7 Å². The number of methoxy groups -OCH3 is 1. The maximum Gasteiger partial charge on any atom is 0.331 e. The largest absolute Gasteiger partial charge is 0.497 e. The van der Waals surface area contributed by atoms with Gasteiger partial charge in [-0.3, -0.25) is 4.79 Å². The normalized spacial score (nSPS) is 11.6. The monoisotopic (exact) mass is 480 g/mol. The number of hydrogen-bond donors (Lipinski definition) is 0. The maximum absolute atomic E-state index is 12.4. The number of aromatic nitrogens is 2. The molecule has 178 valence electrons. The predicted molar refractivity (Wildman–Crippen MR) is 134 cm³/mol. The number of nitrogens with zero attached hydrogens (tertiary/aromatic N) is 2. The van der Waals surface area contributed by atoms with E-state index in [0.29, 0.717) is 28.5 Å². The van der Waals surface area contributed by atoms with Gasteiger partial charge in [0.15, 0.2) is 12.4 Å². The molecule has 0 unspecified atom stereocenters. The van der Waals surface area contributed by atoms with E-state index < -0.39 is 5.97 Å². The van der Waals surface area contributed by atoms with Crippen LogP contribution in [0.15, 0.2) is 54.6 Å². The van der Waals surface area contributed by atoms with Gasteiger partial charge in [0.1, 0.15) is 10.9 Å². The van der Waals surface area contributed by atoms with Gasteiger partial charge in [0.05, 0.1) is 19.3 Å². The Morgan fingerprint density at radius 3 is 2.47 bits per heavy atom. The first kappa shape index (κ1) is 25.2. The Morgan fingerprint density at radius 1 is 1.12 bits per heavy atom. The van der Waals surface area contributed by atoms with Crippen LogP contribution in [0.5, 0.6) is 5.75 Å². The fraction of sp³-hybridized carbons (Fsp3) is 0.296. The Labute approximate surface area is 205 Å². The molecule has 2 aromatic carbocycles. The summed E-state index contributed by atoms with van der Waals surface area (Å²) in [5, 5.41) is 4.87. The number of benzene rings is 2. The van der Waals surface area contributed by atoms with Gasteiger partial charge in [-0.05, 0) is 41.7 Å². The van der Waals surface area contributed by atoms with Crippen LogP contribution < -0.4 is 4.74 Å². The summed E-state index contributed by atoms with van der Waals surface area (Å²) in [5.41, 5.74) is 3.90. The summed E-state index contributed by atoms with van der Waals surface area (Å²) in [6.45, 7) is 8.25. The van der Waals surface area contributed by atoms with Gasteiger partial charge < -0.3 is 9.47 Å². The summed E-state index contributed by atoms with van der Waals surface area (Å²) in [5.74, 6) is -0.140. The molecule has 3 rings (SSSR count). The highest BCUT2D eigenvalue weighted by Gasteiger charge is 2.16. The number of carbonyl (C=O) groups is 2. The van der Waals surface area contributed by atoms with E-state index in [9.17, 15) is 9.59 Å². The third-order valence-corrected chi connectivity index (χ3v) is 5.78. The van der Waals surface area contributed by atoms with E-state index in [2.05, 4.69) is 25.9 Å². The molecule has 0 aliphatic carbocycles. The molecule has 1 aromatic heterocycles. The molecule has 0 amide bonds. The topological polar surface area (TPSA) is 70.4 Å². The molecule has 0 spiro atoms. The zero-order chi connectivity index (χ0) is 24.9. The molecule has 0 saturated carbocycles. The summed E-state index contributed by atoms with van der Waals surface area (Å²) in [6.07, 6.45) is 2.80. The van der Waals surface area contributed by atoms with E-state index in [1.807, 2.05) is 43.3 Å². The fourth-order valence-electron chi connectivity index (χ4n) is 3.38. The molecule has 34 heavy (non-hydrogen) atoms. The lowest BCUT2D eigenvalue weighted by molar-refractivity contribution is -0.136. The number of aryl methyl sites for hydroxylation is 1. The Bertz CT molecular complexity index is 1200. The molecule has 7 heteroatoms. The second-order valence-electron chi connectivity index (χ2n) is 8.99. The van der Waals surface area contributed by atoms with Crippen molar-refractivity contribution >= 4 is 29.4 Å². The Morgan fingerprint density at radius 2 is 1.82 bits per heavy atom. The number of Topliss-reactive ketones (excluding diaryl/α,β-unsaturated/α-hetero) is 1. The molecular formula is C27H29ClN2O4. The second kappa shape index (κ2) is 10.7. The van der Waals surface area contributed by atoms with Crippen LogP contribution in [0.1, 0.15) is 53.5 Å². The maximum atomic E-state index is 12.4. The van der Waals surface area contributed by atoms with Crippen LogP contribution in [0, 0.1) is 6.92 Å². The van der Waals surface area contributed by atoms with Gasteiger partial charge in [-0.15, -0.1) is 0 Å². The molecule has 0 aliphatic rings. The number of carbonyl (C=O) groups excluding carboxylic acids is 2. The lowest BCUT2D eigenvalue weighted by Crippen LogP contribution is -2.14. The molecule has 6 nitrogen and oxygen atoms in total. The third-order valence-electron chi connectivity index (χ3n) is 5.38. The molecular weight excluding hydrogens is 452 g/mol. The minimum atomic E-state index is -0.629. The van der Waals surface area contributed by atoms with Crippen molar-refractivity contribution in [1.29, 1.82) is 0 Å². The number of hydrogen-bond acceptors (Lipinski definition) is 5. The number of ketones is 1. The van der Waals surface area contributed by atoms with Crippen LogP contribution in [0.25, 0.3) is 6.08 Å². The average Bonchev–Trinajstić information content (AvgIpc) is 3.07. The number of ether oxygens (including phenoxy) is 2. The van der Waals surface area contributed by atoms with Gasteiger partial charge in [0.25, 0.3) is 0 Å². The molecule has 3 aromatic rings. The summed E-state index contributed by atoms with van der Waals surface area (Å²) in [7, 11) is 1.61. The van der Waals surface area contributed by atoms with Crippen LogP contribution in [0.3, 0.4) is 0 Å². The van der Waals surface area contributed by atoms with E-state index in [-0.39, 0.29) is 17.8 Å². The molecule has 0 saturated heterocycles. The Hall–Kier alpha value is -3.38. The second-order valence-corrected chi connectivity index (χ2v) is 9.35. The Kier molecular flexibility index (Phi) is 7.94. The van der Waals surface area contributed by atoms with Crippen molar-refractivity contribution in [2.75, 3.05) is 13.7 Å². The van der Waals surface area contributed by atoms with Crippen molar-refractivity contribution in [3.63, 3.8) is 0 Å². The smallest absolute Gasteiger partial charge is 0.331 e. The van der Waals surface area contributed by atoms with E-state index in [1.54, 1.807) is 30.0 Å². The van der Waals surface area contributed by atoms with Crippen LogP contribution in [-0.2, 0) is 21.5 Å². The summed E-state index contributed by atoms with van der Waals surface area (Å²) in [6, 6.07) is 15.0. The van der Waals surface area contributed by atoms with Crippen molar-refractivity contribution in [3.8, 4) is 5.75 Å². The third kappa shape index (κ3) is 6.35. The molecule has 1 heterocycles. The van der Waals surface area contributed by atoms with E-state index >= 15 is 0 Å². The SMILES string of the molecule is COc1cccc(Cn2nc(C)c(/C=C/C(=O)OCC(=O)c3ccc(C(C)(C)C)cc3)c2Cl)c1. The first-order valence-electron chi connectivity index (χ1n) is 10.9. The molecule has 0 fully saturated rings. The lowest BCUT2D eigenvalue weighted by atomic mass is 9.86. The predicted octanol–water partition coefficient (Wildman–Crippen LogP) is 5.64. The zero-order valence-electron chi connectivity index (χ0n) is 20.1. The van der Waals surface area contributed by atoms with Crippen molar-refractivity contribution in [1.82, 2.24) is 9.78 Å². The van der Waals surface area contributed by atoms with E-state index in [1.165, 1.54) is 6.08 Å². The fourth-order valence-corrected chi connectivity index (χ4v) is 3.68. The minimum absolute atomic E-state index is 0.00000959. The Balaban J connectivity index is 1.60. The van der Waals surface area contributed by atoms with Crippen molar-refractivity contribution in [2.24, 2.45) is 0 Å². The van der Waals surface area contributed by atoms with Gasteiger partial charge in [0, 0.05) is 17.2 Å². The van der Waals surface area contributed by atoms with Crippen LogP contribution in [0.4, 0.5) is 0 Å². The number of esters is 1. The highest BCUT2D eigenvalue weighted by atomic mass is 35.5. The lowest BCUT2D eigenvalue weighted by Gasteiger charge is -2.18. The van der Waals surface area contributed by atoms with E-state index in [0.717, 1.165) is 16.9 Å². The van der Waals surface area contributed by atoms with Gasteiger partial charge >= 0.3 is 5.97 Å². The first-order chi connectivity index (χ1) is 16.1. The van der Waals surface area contributed by atoms with Gasteiger partial charge in [-0.2, -0.15) is 5.10 Å². The molecule has 0 bridgehead atoms. The molecule has 0 atom stereocenters. The van der Waals surface area contributed by atoms with Gasteiger partial charge in [-0.1, -0.05) is 68.8 Å². The minimum Gasteiger partial charge on any atom is -0.497 e. The molecule has 0 N–H and O–H groups in total. The van der Waals surface area contributed by atoms with Crippen LogP contribution in [-0.4, -0.2) is 35.2 Å². The van der Waals surface area contributed by atoms with Crippen molar-refractivity contribution in [2.45, 2.75) is 39.7 Å². The van der Waals surface area contributed by atoms with Gasteiger partial charge in [-0.25, -0.2) is 9.48 Å². The summed E-state index contributed by atoms with van der Waals surface area (Å²) in [4.78, 5) is 24.6. The number of halogens is 1. The zero-order valence-corrected chi connectivity index (χ0v) is 20.8. The van der Waals surface area contributed by atoms with Crippen LogP contribution >= 0.6 is 11.6 Å². The van der Waals surface area contributed by atoms with Crippen molar-refractivity contribution < 1.29 is 19.1 Å². The van der Waals surface area contributed by atoms with Gasteiger partial charge in [0.2, 0.25) is 0 Å². The standard InChI is InChI=1S/C27H29ClN2O4/c1-18-23(26(28)30(29-18)16-19-7-6-8-22(15-19)33-5)13-14-25(32)34-17-24(31)20-9-11-21(12-10-20)27(2,3)4/h6-15H,16-17H2,1-5H3/b14-13+. The highest BCUT2D eigenvalue weighted by Crippen LogP contribution is 2.24. The summed E-state index contributed by atoms with van der Waals surface area (Å²) >= 11 is 6.50.